The molecule has 1 unspecified atom stereocenters. The molecule has 2 N–H and O–H groups in total. The lowest BCUT2D eigenvalue weighted by atomic mass is 10.0. The van der Waals surface area contributed by atoms with E-state index in [1.54, 1.807) is 0 Å². The van der Waals surface area contributed by atoms with E-state index < -0.39 is 0 Å². The van der Waals surface area contributed by atoms with Gasteiger partial charge in [0.25, 0.3) is 0 Å². The highest BCUT2D eigenvalue weighted by molar-refractivity contribution is 5.47. The molecular formula is C16H31N5. The molecule has 0 saturated carbocycles. The molecule has 1 atom stereocenters. The van der Waals surface area contributed by atoms with Crippen LogP contribution < -0.4 is 10.6 Å². The van der Waals surface area contributed by atoms with Gasteiger partial charge >= 0.3 is 0 Å². The van der Waals surface area contributed by atoms with Gasteiger partial charge in [-0.25, -0.2) is 9.97 Å². The molecule has 1 rings (SSSR count). The summed E-state index contributed by atoms with van der Waals surface area (Å²) in [6.45, 7) is 7.66. The van der Waals surface area contributed by atoms with E-state index in [1.165, 1.54) is 0 Å². The molecule has 0 aliphatic carbocycles. The molecular weight excluding hydrogens is 262 g/mol. The maximum atomic E-state index is 4.64. The quantitative estimate of drug-likeness (QED) is 0.733. The number of aryl methyl sites for hydroxylation is 1. The third-order valence-electron chi connectivity index (χ3n) is 3.20. The number of likely N-dealkylation sites (N-methyl/N-ethyl adjacent to an activating group) is 1. The summed E-state index contributed by atoms with van der Waals surface area (Å²) in [5.41, 5.74) is 0. The van der Waals surface area contributed by atoms with Gasteiger partial charge in [0.15, 0.2) is 0 Å². The fourth-order valence-electron chi connectivity index (χ4n) is 2.43. The lowest BCUT2D eigenvalue weighted by Gasteiger charge is -2.24. The highest BCUT2D eigenvalue weighted by atomic mass is 15.1. The Morgan fingerprint density at radius 1 is 1.19 bits per heavy atom. The molecule has 120 valence electrons. The van der Waals surface area contributed by atoms with Crippen LogP contribution in [0.4, 0.5) is 11.6 Å². The van der Waals surface area contributed by atoms with Crippen LogP contribution in [0, 0.1) is 5.92 Å². The maximum absolute atomic E-state index is 4.64. The van der Waals surface area contributed by atoms with E-state index >= 15 is 0 Å². The second-order valence-corrected chi connectivity index (χ2v) is 6.29. The molecule has 0 amide bonds. The van der Waals surface area contributed by atoms with Crippen molar-refractivity contribution in [3.05, 3.63) is 11.9 Å². The van der Waals surface area contributed by atoms with Crippen molar-refractivity contribution in [2.75, 3.05) is 38.3 Å². The lowest BCUT2D eigenvalue weighted by Crippen LogP contribution is -2.34. The topological polar surface area (TPSA) is 53.1 Å². The number of aromatic nitrogens is 2. The van der Waals surface area contributed by atoms with Gasteiger partial charge in [0.05, 0.1) is 0 Å². The zero-order valence-corrected chi connectivity index (χ0v) is 14.4. The third-order valence-corrected chi connectivity index (χ3v) is 3.20. The fraction of sp³-hybridized carbons (Fsp3) is 0.750. The Bertz CT molecular complexity index is 407. The van der Waals surface area contributed by atoms with Gasteiger partial charge < -0.3 is 15.5 Å². The van der Waals surface area contributed by atoms with Gasteiger partial charge in [0, 0.05) is 32.1 Å². The summed E-state index contributed by atoms with van der Waals surface area (Å²) < 4.78 is 0. The molecule has 0 aliphatic heterocycles. The molecule has 21 heavy (non-hydrogen) atoms. The monoisotopic (exact) mass is 293 g/mol. The van der Waals surface area contributed by atoms with E-state index in [9.17, 15) is 0 Å². The largest absolute Gasteiger partial charge is 0.373 e. The smallest absolute Gasteiger partial charge is 0.133 e. The van der Waals surface area contributed by atoms with Gasteiger partial charge in [0.2, 0.25) is 0 Å². The van der Waals surface area contributed by atoms with Crippen molar-refractivity contribution < 1.29 is 0 Å². The maximum Gasteiger partial charge on any atom is 0.133 e. The van der Waals surface area contributed by atoms with Gasteiger partial charge in [-0.05, 0) is 32.9 Å². The van der Waals surface area contributed by atoms with Crippen molar-refractivity contribution in [1.82, 2.24) is 14.9 Å². The molecule has 0 bridgehead atoms. The van der Waals surface area contributed by atoms with Crippen molar-refractivity contribution in [2.45, 2.75) is 46.1 Å². The average molecular weight is 293 g/mol. The summed E-state index contributed by atoms with van der Waals surface area (Å²) in [4.78, 5) is 11.4. The van der Waals surface area contributed by atoms with Crippen molar-refractivity contribution in [3.8, 4) is 0 Å². The molecule has 0 aliphatic rings. The van der Waals surface area contributed by atoms with E-state index in [2.05, 4.69) is 60.4 Å². The standard InChI is InChI=1S/C16H31N5/c1-7-8-14-19-15(17-4)10-16(20-14)18-13(9-12(2)3)11-21(5)6/h10,12-13H,7-9,11H2,1-6H3,(H2,17,18,19,20). The predicted molar refractivity (Wildman–Crippen MR) is 91.0 cm³/mol. The van der Waals surface area contributed by atoms with Gasteiger partial charge in [-0.1, -0.05) is 20.8 Å². The first kappa shape index (κ1) is 17.7. The zero-order valence-electron chi connectivity index (χ0n) is 14.4. The van der Waals surface area contributed by atoms with E-state index in [-0.39, 0.29) is 0 Å². The normalized spacial score (nSPS) is 12.8. The van der Waals surface area contributed by atoms with Gasteiger partial charge in [-0.2, -0.15) is 0 Å². The molecule has 1 heterocycles. The number of nitrogens with one attached hydrogen (secondary N) is 2. The SMILES string of the molecule is CCCc1nc(NC)cc(NC(CC(C)C)CN(C)C)n1. The highest BCUT2D eigenvalue weighted by Crippen LogP contribution is 2.16. The molecule has 0 saturated heterocycles. The Hall–Kier alpha value is -1.36. The summed E-state index contributed by atoms with van der Waals surface area (Å²) in [6.07, 6.45) is 3.09. The van der Waals surface area contributed by atoms with Gasteiger partial charge in [0.1, 0.15) is 17.5 Å². The first-order valence-corrected chi connectivity index (χ1v) is 7.91. The number of hydrogen-bond acceptors (Lipinski definition) is 5. The summed E-state index contributed by atoms with van der Waals surface area (Å²) in [5.74, 6) is 3.36. The van der Waals surface area contributed by atoms with Gasteiger partial charge in [-0.3, -0.25) is 0 Å². The number of nitrogens with zero attached hydrogens (tertiary/aromatic N) is 3. The van der Waals surface area contributed by atoms with Crippen molar-refractivity contribution in [3.63, 3.8) is 0 Å². The van der Waals surface area contributed by atoms with E-state index in [1.807, 2.05) is 13.1 Å². The molecule has 0 aromatic carbocycles. The van der Waals surface area contributed by atoms with Crippen LogP contribution in [0.5, 0.6) is 0 Å². The lowest BCUT2D eigenvalue weighted by molar-refractivity contribution is 0.356. The molecule has 5 heteroatoms. The van der Waals surface area contributed by atoms with Gasteiger partial charge in [-0.15, -0.1) is 0 Å². The Morgan fingerprint density at radius 3 is 2.38 bits per heavy atom. The van der Waals surface area contributed by atoms with Crippen LogP contribution in [0.15, 0.2) is 6.07 Å². The second kappa shape index (κ2) is 8.82. The Morgan fingerprint density at radius 2 is 1.86 bits per heavy atom. The molecule has 0 fully saturated rings. The van der Waals surface area contributed by atoms with Crippen molar-refractivity contribution in [1.29, 1.82) is 0 Å². The molecule has 5 nitrogen and oxygen atoms in total. The minimum Gasteiger partial charge on any atom is -0.373 e. The predicted octanol–water partition coefficient (Wildman–Crippen LogP) is 2.86. The Balaban J connectivity index is 2.87. The Labute approximate surface area is 129 Å². The van der Waals surface area contributed by atoms with Crippen LogP contribution in [-0.4, -0.2) is 48.6 Å². The van der Waals surface area contributed by atoms with E-state index in [0.29, 0.717) is 12.0 Å². The third kappa shape index (κ3) is 6.76. The summed E-state index contributed by atoms with van der Waals surface area (Å²) in [5, 5.41) is 6.70. The Kier molecular flexibility index (Phi) is 7.43. The summed E-state index contributed by atoms with van der Waals surface area (Å²) in [7, 11) is 6.11. The zero-order chi connectivity index (χ0) is 15.8. The van der Waals surface area contributed by atoms with Crippen LogP contribution >= 0.6 is 0 Å². The van der Waals surface area contributed by atoms with E-state index in [4.69, 9.17) is 0 Å². The van der Waals surface area contributed by atoms with Crippen LogP contribution in [0.3, 0.4) is 0 Å². The molecule has 0 spiro atoms. The average Bonchev–Trinajstić information content (AvgIpc) is 2.37. The summed E-state index contributed by atoms with van der Waals surface area (Å²) >= 11 is 0. The van der Waals surface area contributed by atoms with Crippen LogP contribution in [0.2, 0.25) is 0 Å². The number of rotatable bonds is 9. The van der Waals surface area contributed by atoms with E-state index in [0.717, 1.165) is 43.3 Å². The second-order valence-electron chi connectivity index (χ2n) is 6.29. The molecule has 1 aromatic heterocycles. The molecule has 1 aromatic rings. The summed E-state index contributed by atoms with van der Waals surface area (Å²) in [6, 6.07) is 2.39. The fourth-order valence-corrected chi connectivity index (χ4v) is 2.43. The highest BCUT2D eigenvalue weighted by Gasteiger charge is 2.14. The number of hydrogen-bond donors (Lipinski definition) is 2. The number of anilines is 2. The molecule has 0 radical (unpaired) electrons. The first-order valence-electron chi connectivity index (χ1n) is 7.91. The minimum atomic E-state index is 0.397. The van der Waals surface area contributed by atoms with Crippen LogP contribution in [0.25, 0.3) is 0 Å². The minimum absolute atomic E-state index is 0.397. The first-order chi connectivity index (χ1) is 9.94. The van der Waals surface area contributed by atoms with Crippen molar-refractivity contribution in [2.24, 2.45) is 5.92 Å². The van der Waals surface area contributed by atoms with Crippen molar-refractivity contribution >= 4 is 11.6 Å². The van der Waals surface area contributed by atoms with Crippen LogP contribution in [0.1, 0.15) is 39.4 Å². The van der Waals surface area contributed by atoms with Crippen LogP contribution in [-0.2, 0) is 6.42 Å².